The molecule has 3 N–H and O–H groups in total. The summed E-state index contributed by atoms with van der Waals surface area (Å²) in [5.74, 6) is 0.130. The van der Waals surface area contributed by atoms with E-state index in [2.05, 4.69) is 4.98 Å². The van der Waals surface area contributed by atoms with Crippen LogP contribution in [0.5, 0.6) is 0 Å². The summed E-state index contributed by atoms with van der Waals surface area (Å²) in [6.45, 7) is 2.38. The van der Waals surface area contributed by atoms with Crippen LogP contribution in [0.4, 0.5) is 0 Å². The molecule has 1 saturated carbocycles. The van der Waals surface area contributed by atoms with Crippen molar-refractivity contribution in [1.82, 2.24) is 9.88 Å². The molecule has 2 rings (SSSR count). The molecule has 1 amide bonds. The third kappa shape index (κ3) is 2.71. The minimum atomic E-state index is -0.226. The second kappa shape index (κ2) is 5.57. The van der Waals surface area contributed by atoms with Crippen LogP contribution in [0.15, 0.2) is 17.1 Å². The first kappa shape index (κ1) is 13.8. The fourth-order valence-electron chi connectivity index (χ4n) is 2.88. The Hall–Kier alpha value is -1.62. The summed E-state index contributed by atoms with van der Waals surface area (Å²) < 4.78 is 0. The lowest BCUT2D eigenvalue weighted by molar-refractivity contribution is 0.0698. The molecule has 1 fully saturated rings. The van der Waals surface area contributed by atoms with Crippen LogP contribution in [0.25, 0.3) is 0 Å². The Bertz CT molecular complexity index is 524. The quantitative estimate of drug-likeness (QED) is 0.849. The Morgan fingerprint density at radius 3 is 2.89 bits per heavy atom. The predicted octanol–water partition coefficient (Wildman–Crippen LogP) is 0.883. The number of nitrogens with zero attached hydrogens (tertiary/aromatic N) is 1. The van der Waals surface area contributed by atoms with E-state index in [0.717, 1.165) is 25.0 Å². The van der Waals surface area contributed by atoms with Gasteiger partial charge in [-0.25, -0.2) is 0 Å². The molecule has 19 heavy (non-hydrogen) atoms. The van der Waals surface area contributed by atoms with Crippen LogP contribution in [0, 0.1) is 12.8 Å². The van der Waals surface area contributed by atoms with Crippen molar-refractivity contribution in [3.8, 4) is 0 Å². The zero-order valence-corrected chi connectivity index (χ0v) is 11.5. The summed E-state index contributed by atoms with van der Waals surface area (Å²) in [4.78, 5) is 28.9. The largest absolute Gasteiger partial charge is 0.364 e. The number of rotatable bonds is 3. The SMILES string of the molecule is Cc1cc(=O)c(C(=O)N(C)C2CCCC2CN)c[nH]1. The first-order valence-corrected chi connectivity index (χ1v) is 6.71. The van der Waals surface area contributed by atoms with Gasteiger partial charge in [-0.3, -0.25) is 9.59 Å². The molecule has 0 saturated heterocycles. The number of nitrogens with one attached hydrogen (secondary N) is 1. The highest BCUT2D eigenvalue weighted by molar-refractivity contribution is 5.93. The van der Waals surface area contributed by atoms with E-state index in [1.54, 1.807) is 18.9 Å². The summed E-state index contributed by atoms with van der Waals surface area (Å²) >= 11 is 0. The average molecular weight is 263 g/mol. The van der Waals surface area contributed by atoms with Gasteiger partial charge in [0.05, 0.1) is 0 Å². The molecule has 1 aliphatic carbocycles. The molecule has 5 nitrogen and oxygen atoms in total. The van der Waals surface area contributed by atoms with Gasteiger partial charge in [-0.1, -0.05) is 6.42 Å². The first-order valence-electron chi connectivity index (χ1n) is 6.71. The molecule has 0 bridgehead atoms. The molecule has 0 radical (unpaired) electrons. The summed E-state index contributed by atoms with van der Waals surface area (Å²) in [7, 11) is 1.76. The topological polar surface area (TPSA) is 79.2 Å². The fourth-order valence-corrected chi connectivity index (χ4v) is 2.88. The predicted molar refractivity (Wildman–Crippen MR) is 74.1 cm³/mol. The Morgan fingerprint density at radius 2 is 2.26 bits per heavy atom. The Labute approximate surface area is 112 Å². The number of hydrogen-bond donors (Lipinski definition) is 2. The number of aromatic amines is 1. The Morgan fingerprint density at radius 1 is 1.53 bits per heavy atom. The van der Waals surface area contributed by atoms with Crippen molar-refractivity contribution in [3.63, 3.8) is 0 Å². The maximum Gasteiger partial charge on any atom is 0.259 e. The maximum atomic E-state index is 12.4. The van der Waals surface area contributed by atoms with Crippen LogP contribution in [0.1, 0.15) is 35.3 Å². The van der Waals surface area contributed by atoms with E-state index < -0.39 is 0 Å². The van der Waals surface area contributed by atoms with Crippen molar-refractivity contribution in [1.29, 1.82) is 0 Å². The van der Waals surface area contributed by atoms with Gasteiger partial charge in [-0.2, -0.15) is 0 Å². The van der Waals surface area contributed by atoms with Gasteiger partial charge in [-0.05, 0) is 32.2 Å². The van der Waals surface area contributed by atoms with Crippen LogP contribution in [-0.2, 0) is 0 Å². The van der Waals surface area contributed by atoms with Crippen LogP contribution < -0.4 is 11.2 Å². The summed E-state index contributed by atoms with van der Waals surface area (Å²) in [6.07, 6.45) is 4.62. The van der Waals surface area contributed by atoms with Crippen molar-refractivity contribution in [2.24, 2.45) is 11.7 Å². The molecular formula is C14H21N3O2. The average Bonchev–Trinajstić information content (AvgIpc) is 2.85. The number of aromatic nitrogens is 1. The maximum absolute atomic E-state index is 12.4. The van der Waals surface area contributed by atoms with Gasteiger partial charge < -0.3 is 15.6 Å². The van der Waals surface area contributed by atoms with Crippen molar-refractivity contribution < 1.29 is 4.79 Å². The number of H-pyrrole nitrogens is 1. The summed E-state index contributed by atoms with van der Waals surface area (Å²) in [6, 6.07) is 1.61. The zero-order valence-electron chi connectivity index (χ0n) is 11.5. The van der Waals surface area contributed by atoms with Gasteiger partial charge in [0.1, 0.15) is 5.56 Å². The number of carbonyl (C=O) groups is 1. The third-order valence-electron chi connectivity index (χ3n) is 4.03. The van der Waals surface area contributed by atoms with E-state index in [9.17, 15) is 9.59 Å². The van der Waals surface area contributed by atoms with Gasteiger partial charge in [0.25, 0.3) is 5.91 Å². The van der Waals surface area contributed by atoms with Crippen molar-refractivity contribution in [2.45, 2.75) is 32.2 Å². The van der Waals surface area contributed by atoms with Crippen molar-refractivity contribution in [3.05, 3.63) is 33.7 Å². The van der Waals surface area contributed by atoms with Gasteiger partial charge in [0.2, 0.25) is 0 Å². The van der Waals surface area contributed by atoms with E-state index in [1.807, 2.05) is 0 Å². The number of hydrogen-bond acceptors (Lipinski definition) is 3. The highest BCUT2D eigenvalue weighted by Crippen LogP contribution is 2.28. The summed E-state index contributed by atoms with van der Waals surface area (Å²) in [5, 5.41) is 0. The smallest absolute Gasteiger partial charge is 0.259 e. The van der Waals surface area contributed by atoms with Crippen LogP contribution in [0.3, 0.4) is 0 Å². The number of amides is 1. The fraction of sp³-hybridized carbons (Fsp3) is 0.571. The third-order valence-corrected chi connectivity index (χ3v) is 4.03. The molecule has 1 heterocycles. The van der Waals surface area contributed by atoms with Crippen molar-refractivity contribution in [2.75, 3.05) is 13.6 Å². The molecule has 2 atom stereocenters. The van der Waals surface area contributed by atoms with Gasteiger partial charge >= 0.3 is 0 Å². The highest BCUT2D eigenvalue weighted by atomic mass is 16.2. The Balaban J connectivity index is 2.21. The minimum Gasteiger partial charge on any atom is -0.364 e. The molecule has 0 aromatic carbocycles. The van der Waals surface area contributed by atoms with Crippen molar-refractivity contribution >= 4 is 5.91 Å². The van der Waals surface area contributed by atoms with Crippen LogP contribution in [0.2, 0.25) is 0 Å². The Kier molecular flexibility index (Phi) is 4.04. The highest BCUT2D eigenvalue weighted by Gasteiger charge is 2.32. The van der Waals surface area contributed by atoms with Crippen LogP contribution >= 0.6 is 0 Å². The number of carbonyl (C=O) groups excluding carboxylic acids is 1. The van der Waals surface area contributed by atoms with E-state index in [0.29, 0.717) is 12.5 Å². The molecule has 5 heteroatoms. The van der Waals surface area contributed by atoms with Crippen LogP contribution in [-0.4, -0.2) is 35.4 Å². The number of aryl methyl sites for hydroxylation is 1. The van der Waals surface area contributed by atoms with Gasteiger partial charge in [-0.15, -0.1) is 0 Å². The monoisotopic (exact) mass is 263 g/mol. The number of pyridine rings is 1. The van der Waals surface area contributed by atoms with E-state index >= 15 is 0 Å². The molecule has 1 aliphatic rings. The standard InChI is InChI=1S/C14H21N3O2/c1-9-6-13(18)11(8-16-9)14(19)17(2)12-5-3-4-10(12)7-15/h6,8,10,12H,3-5,7,15H2,1-2H3,(H,16,18). The lowest BCUT2D eigenvalue weighted by Gasteiger charge is -2.29. The molecule has 1 aromatic rings. The normalized spacial score (nSPS) is 22.5. The van der Waals surface area contributed by atoms with Gasteiger partial charge in [0, 0.05) is 31.0 Å². The molecule has 104 valence electrons. The van der Waals surface area contributed by atoms with Gasteiger partial charge in [0.15, 0.2) is 5.43 Å². The molecule has 0 aliphatic heterocycles. The van der Waals surface area contributed by atoms with E-state index in [-0.39, 0.29) is 22.9 Å². The second-order valence-electron chi connectivity index (χ2n) is 5.30. The minimum absolute atomic E-state index is 0.151. The lowest BCUT2D eigenvalue weighted by Crippen LogP contribution is -2.42. The lowest BCUT2D eigenvalue weighted by atomic mass is 10.0. The van der Waals surface area contributed by atoms with E-state index in [1.165, 1.54) is 12.3 Å². The zero-order chi connectivity index (χ0) is 14.0. The molecule has 2 unspecified atom stereocenters. The molecule has 1 aromatic heterocycles. The molecular weight excluding hydrogens is 242 g/mol. The number of nitrogens with two attached hydrogens (primary N) is 1. The first-order chi connectivity index (χ1) is 9.04. The molecule has 0 spiro atoms. The van der Waals surface area contributed by atoms with E-state index in [4.69, 9.17) is 5.73 Å². The second-order valence-corrected chi connectivity index (χ2v) is 5.30. The summed E-state index contributed by atoms with van der Waals surface area (Å²) in [5.41, 5.74) is 6.48.